The van der Waals surface area contributed by atoms with E-state index < -0.39 is 0 Å². The van der Waals surface area contributed by atoms with Gasteiger partial charge in [-0.1, -0.05) is 6.07 Å². The van der Waals surface area contributed by atoms with Crippen LogP contribution in [0.15, 0.2) is 24.4 Å². The van der Waals surface area contributed by atoms with E-state index >= 15 is 0 Å². The Bertz CT molecular complexity index is 911. The average Bonchev–Trinajstić information content (AvgIpc) is 2.77. The van der Waals surface area contributed by atoms with E-state index in [1.165, 1.54) is 49.7 Å². The molecular formula is C25H33FN4. The fourth-order valence-electron chi connectivity index (χ4n) is 5.99. The van der Waals surface area contributed by atoms with Crippen molar-refractivity contribution in [2.45, 2.75) is 70.3 Å². The summed E-state index contributed by atoms with van der Waals surface area (Å²) in [6.07, 6.45) is 10.2. The van der Waals surface area contributed by atoms with Crippen molar-refractivity contribution in [3.8, 4) is 0 Å². The molecule has 3 heterocycles. The van der Waals surface area contributed by atoms with Crippen LogP contribution in [-0.2, 0) is 11.8 Å². The summed E-state index contributed by atoms with van der Waals surface area (Å²) in [5.41, 5.74) is 4.96. The second-order valence-electron chi connectivity index (χ2n) is 9.59. The minimum atomic E-state index is -0.0701. The highest BCUT2D eigenvalue weighted by molar-refractivity contribution is 5.39. The molecule has 5 heteroatoms. The van der Waals surface area contributed by atoms with Crippen LogP contribution in [0.3, 0.4) is 0 Å². The Morgan fingerprint density at radius 3 is 2.50 bits per heavy atom. The van der Waals surface area contributed by atoms with E-state index in [1.54, 1.807) is 6.07 Å². The Kier molecular flexibility index (Phi) is 5.26. The SMILES string of the molecule is Cc1ncc(N2CCC(N3CCC4(CCCc5ccc(F)cc54)CC3)CC2)nc1C. The molecule has 4 nitrogen and oxygen atoms in total. The first-order chi connectivity index (χ1) is 14.5. The molecule has 0 bridgehead atoms. The smallest absolute Gasteiger partial charge is 0.147 e. The zero-order valence-corrected chi connectivity index (χ0v) is 18.3. The second-order valence-corrected chi connectivity index (χ2v) is 9.59. The van der Waals surface area contributed by atoms with Crippen molar-refractivity contribution in [3.05, 3.63) is 52.7 Å². The van der Waals surface area contributed by atoms with Gasteiger partial charge in [-0.05, 0) is 101 Å². The zero-order valence-electron chi connectivity index (χ0n) is 18.3. The van der Waals surface area contributed by atoms with Crippen LogP contribution in [0.25, 0.3) is 0 Å². The third-order valence-corrected chi connectivity index (χ3v) is 7.98. The van der Waals surface area contributed by atoms with Crippen LogP contribution >= 0.6 is 0 Å². The summed E-state index contributed by atoms with van der Waals surface area (Å²) in [4.78, 5) is 14.3. The quantitative estimate of drug-likeness (QED) is 0.729. The molecule has 0 N–H and O–H groups in total. The monoisotopic (exact) mass is 408 g/mol. The van der Waals surface area contributed by atoms with Gasteiger partial charge in [0.1, 0.15) is 11.6 Å². The number of halogens is 1. The lowest BCUT2D eigenvalue weighted by molar-refractivity contribution is 0.0918. The second kappa shape index (κ2) is 7.92. The molecule has 30 heavy (non-hydrogen) atoms. The molecule has 2 aliphatic heterocycles. The standard InChI is InChI=1S/C25H33FN4/c1-18-19(2)28-24(17-27-18)30-12-7-22(8-13-30)29-14-10-25(11-15-29)9-3-4-20-5-6-21(26)16-23(20)25/h5-6,16-17,22H,3-4,7-15H2,1-2H3. The maximum Gasteiger partial charge on any atom is 0.147 e. The number of likely N-dealkylation sites (tertiary alicyclic amines) is 1. The average molecular weight is 409 g/mol. The van der Waals surface area contributed by atoms with Gasteiger partial charge in [0, 0.05) is 19.1 Å². The van der Waals surface area contributed by atoms with E-state index in [0.29, 0.717) is 6.04 Å². The molecule has 0 amide bonds. The number of hydrogen-bond acceptors (Lipinski definition) is 4. The van der Waals surface area contributed by atoms with Gasteiger partial charge < -0.3 is 9.80 Å². The summed E-state index contributed by atoms with van der Waals surface area (Å²) in [5.74, 6) is 0.953. The Morgan fingerprint density at radius 2 is 1.77 bits per heavy atom. The van der Waals surface area contributed by atoms with Crippen LogP contribution < -0.4 is 4.90 Å². The highest BCUT2D eigenvalue weighted by Crippen LogP contribution is 2.45. The van der Waals surface area contributed by atoms with E-state index in [-0.39, 0.29) is 11.2 Å². The van der Waals surface area contributed by atoms with Gasteiger partial charge in [0.25, 0.3) is 0 Å². The van der Waals surface area contributed by atoms with Crippen molar-refractivity contribution in [2.75, 3.05) is 31.1 Å². The maximum absolute atomic E-state index is 14.0. The van der Waals surface area contributed by atoms with Crippen molar-refractivity contribution in [2.24, 2.45) is 0 Å². The van der Waals surface area contributed by atoms with Crippen molar-refractivity contribution >= 4 is 5.82 Å². The van der Waals surface area contributed by atoms with Crippen LogP contribution in [0.4, 0.5) is 10.2 Å². The molecule has 0 atom stereocenters. The predicted molar refractivity (Wildman–Crippen MR) is 119 cm³/mol. The first-order valence-electron chi connectivity index (χ1n) is 11.6. The molecule has 0 saturated carbocycles. The van der Waals surface area contributed by atoms with Gasteiger partial charge in [-0.3, -0.25) is 4.98 Å². The summed E-state index contributed by atoms with van der Waals surface area (Å²) in [6.45, 7) is 8.45. The maximum atomic E-state index is 14.0. The van der Waals surface area contributed by atoms with Crippen LogP contribution in [0.1, 0.15) is 61.0 Å². The first kappa shape index (κ1) is 19.9. The van der Waals surface area contributed by atoms with E-state index in [4.69, 9.17) is 4.98 Å². The van der Waals surface area contributed by atoms with Gasteiger partial charge in [-0.2, -0.15) is 0 Å². The summed E-state index contributed by atoms with van der Waals surface area (Å²) in [6, 6.07) is 6.17. The van der Waals surface area contributed by atoms with Crippen molar-refractivity contribution < 1.29 is 4.39 Å². The highest BCUT2D eigenvalue weighted by atomic mass is 19.1. The molecular weight excluding hydrogens is 375 g/mol. The van der Waals surface area contributed by atoms with E-state index in [2.05, 4.69) is 14.8 Å². The molecule has 1 aromatic heterocycles. The Hall–Kier alpha value is -2.01. The molecule has 2 fully saturated rings. The molecule has 1 aromatic carbocycles. The van der Waals surface area contributed by atoms with Crippen molar-refractivity contribution in [1.29, 1.82) is 0 Å². The van der Waals surface area contributed by atoms with Gasteiger partial charge in [0.2, 0.25) is 0 Å². The number of piperidine rings is 2. The Labute approximate surface area is 179 Å². The molecule has 1 spiro atoms. The summed E-state index contributed by atoms with van der Waals surface area (Å²) in [5, 5.41) is 0. The minimum absolute atomic E-state index is 0.0701. The third kappa shape index (κ3) is 3.62. The number of nitrogens with zero attached hydrogens (tertiary/aromatic N) is 4. The number of rotatable bonds is 2. The molecule has 2 aromatic rings. The summed E-state index contributed by atoms with van der Waals surface area (Å²) < 4.78 is 14.0. The van der Waals surface area contributed by atoms with Gasteiger partial charge in [0.05, 0.1) is 17.6 Å². The van der Waals surface area contributed by atoms with E-state index in [9.17, 15) is 4.39 Å². The summed E-state index contributed by atoms with van der Waals surface area (Å²) in [7, 11) is 0. The zero-order chi connectivity index (χ0) is 20.7. The van der Waals surface area contributed by atoms with Crippen LogP contribution in [0, 0.1) is 19.7 Å². The molecule has 1 aliphatic carbocycles. The number of benzene rings is 1. The lowest BCUT2D eigenvalue weighted by Gasteiger charge is -2.48. The van der Waals surface area contributed by atoms with Crippen molar-refractivity contribution in [1.82, 2.24) is 14.9 Å². The van der Waals surface area contributed by atoms with Gasteiger partial charge in [0.15, 0.2) is 0 Å². The number of anilines is 1. The first-order valence-corrected chi connectivity index (χ1v) is 11.6. The molecule has 0 unspecified atom stereocenters. The molecule has 160 valence electrons. The number of fused-ring (bicyclic) bond motifs is 2. The largest absolute Gasteiger partial charge is 0.355 e. The topological polar surface area (TPSA) is 32.3 Å². The Morgan fingerprint density at radius 1 is 1.00 bits per heavy atom. The normalized spacial score (nSPS) is 22.3. The third-order valence-electron chi connectivity index (χ3n) is 7.98. The van der Waals surface area contributed by atoms with Gasteiger partial charge in [-0.15, -0.1) is 0 Å². The molecule has 3 aliphatic rings. The molecule has 5 rings (SSSR count). The Balaban J connectivity index is 1.21. The number of aryl methyl sites for hydroxylation is 3. The molecule has 0 radical (unpaired) electrons. The van der Waals surface area contributed by atoms with Crippen molar-refractivity contribution in [3.63, 3.8) is 0 Å². The number of aromatic nitrogens is 2. The van der Waals surface area contributed by atoms with Crippen LogP contribution in [-0.4, -0.2) is 47.1 Å². The van der Waals surface area contributed by atoms with E-state index in [0.717, 1.165) is 49.8 Å². The lowest BCUT2D eigenvalue weighted by Crippen LogP contribution is -2.51. The van der Waals surface area contributed by atoms with Gasteiger partial charge in [-0.25, -0.2) is 9.37 Å². The number of hydrogen-bond donors (Lipinski definition) is 0. The highest BCUT2D eigenvalue weighted by Gasteiger charge is 2.41. The minimum Gasteiger partial charge on any atom is -0.355 e. The fourth-order valence-corrected chi connectivity index (χ4v) is 5.99. The predicted octanol–water partition coefficient (Wildman–Crippen LogP) is 4.57. The van der Waals surface area contributed by atoms with Crippen LogP contribution in [0.2, 0.25) is 0 Å². The lowest BCUT2D eigenvalue weighted by atomic mass is 9.64. The van der Waals surface area contributed by atoms with Gasteiger partial charge >= 0.3 is 0 Å². The van der Waals surface area contributed by atoms with Crippen LogP contribution in [0.5, 0.6) is 0 Å². The molecule has 2 saturated heterocycles. The van der Waals surface area contributed by atoms with E-state index in [1.807, 2.05) is 32.2 Å². The fraction of sp³-hybridized carbons (Fsp3) is 0.600. The summed E-state index contributed by atoms with van der Waals surface area (Å²) >= 11 is 0.